The third-order valence-corrected chi connectivity index (χ3v) is 5.00. The van der Waals surface area contributed by atoms with Crippen LogP contribution in [0.4, 0.5) is 9.18 Å². The molecule has 1 aliphatic carbocycles. The first-order valence-electron chi connectivity index (χ1n) is 8.57. The maximum Gasteiger partial charge on any atom is 0.318 e. The van der Waals surface area contributed by atoms with Crippen LogP contribution in [0.3, 0.4) is 0 Å². The van der Waals surface area contributed by atoms with Crippen LogP contribution < -0.4 is 5.32 Å². The van der Waals surface area contributed by atoms with Gasteiger partial charge in [-0.25, -0.2) is 9.18 Å². The summed E-state index contributed by atoms with van der Waals surface area (Å²) in [5, 5.41) is 3.04. The molecule has 1 aromatic carbocycles. The molecule has 4 atom stereocenters. The van der Waals surface area contributed by atoms with Crippen LogP contribution in [0, 0.1) is 5.82 Å². The molecule has 5 nitrogen and oxygen atoms in total. The van der Waals surface area contributed by atoms with E-state index >= 15 is 0 Å². The van der Waals surface area contributed by atoms with Gasteiger partial charge in [-0.05, 0) is 43.9 Å². The van der Waals surface area contributed by atoms with Crippen LogP contribution in [0.25, 0.3) is 0 Å². The second kappa shape index (κ2) is 7.49. The highest BCUT2D eigenvalue weighted by atomic mass is 19.1. The van der Waals surface area contributed by atoms with Crippen molar-refractivity contribution in [2.24, 2.45) is 0 Å². The van der Waals surface area contributed by atoms with Crippen molar-refractivity contribution in [1.82, 2.24) is 10.2 Å². The van der Waals surface area contributed by atoms with Gasteiger partial charge in [-0.1, -0.05) is 12.1 Å². The maximum absolute atomic E-state index is 13.1. The highest BCUT2D eigenvalue weighted by Gasteiger charge is 2.39. The third kappa shape index (κ3) is 3.54. The molecule has 1 heterocycles. The number of nitrogens with one attached hydrogen (secondary N) is 1. The quantitative estimate of drug-likeness (QED) is 0.920. The van der Waals surface area contributed by atoms with E-state index in [0.29, 0.717) is 13.2 Å². The Morgan fingerprint density at radius 2 is 2.12 bits per heavy atom. The number of hydrogen-bond acceptors (Lipinski definition) is 3. The van der Waals surface area contributed by atoms with Crippen molar-refractivity contribution in [1.29, 1.82) is 0 Å². The molecule has 1 N–H and O–H groups in total. The van der Waals surface area contributed by atoms with E-state index in [1.807, 2.05) is 11.8 Å². The summed E-state index contributed by atoms with van der Waals surface area (Å²) in [5.74, 6) is -0.286. The van der Waals surface area contributed by atoms with Gasteiger partial charge in [0.2, 0.25) is 0 Å². The molecule has 1 aromatic rings. The fraction of sp³-hybridized carbons (Fsp3) is 0.611. The molecule has 6 heteroatoms. The van der Waals surface area contributed by atoms with Gasteiger partial charge in [-0.3, -0.25) is 0 Å². The molecular formula is C18H25FN2O3. The molecule has 0 spiro atoms. The van der Waals surface area contributed by atoms with Gasteiger partial charge in [-0.15, -0.1) is 0 Å². The second-order valence-corrected chi connectivity index (χ2v) is 6.55. The van der Waals surface area contributed by atoms with Crippen LogP contribution in [0.2, 0.25) is 0 Å². The minimum absolute atomic E-state index is 0.0770. The number of benzene rings is 1. The molecule has 0 unspecified atom stereocenters. The summed E-state index contributed by atoms with van der Waals surface area (Å²) >= 11 is 0. The molecule has 2 amide bonds. The number of carbonyl (C=O) groups is 1. The van der Waals surface area contributed by atoms with Gasteiger partial charge in [0.1, 0.15) is 11.9 Å². The summed E-state index contributed by atoms with van der Waals surface area (Å²) in [6, 6.07) is 6.06. The van der Waals surface area contributed by atoms with E-state index in [4.69, 9.17) is 9.47 Å². The molecule has 2 fully saturated rings. The average molecular weight is 336 g/mol. The zero-order chi connectivity index (χ0) is 17.1. The lowest BCUT2D eigenvalue weighted by molar-refractivity contribution is -0.0394. The van der Waals surface area contributed by atoms with Gasteiger partial charge in [-0.2, -0.15) is 0 Å². The Kier molecular flexibility index (Phi) is 5.36. The zero-order valence-electron chi connectivity index (χ0n) is 14.2. The molecular weight excluding hydrogens is 311 g/mol. The van der Waals surface area contributed by atoms with Crippen molar-refractivity contribution in [2.75, 3.05) is 20.3 Å². The molecule has 1 saturated carbocycles. The molecule has 2 aliphatic rings. The maximum atomic E-state index is 13.1. The van der Waals surface area contributed by atoms with Gasteiger partial charge in [0.25, 0.3) is 0 Å². The number of ether oxygens (including phenoxy) is 2. The predicted octanol–water partition coefficient (Wildman–Crippen LogP) is 2.86. The summed E-state index contributed by atoms with van der Waals surface area (Å²) in [4.78, 5) is 14.6. The first-order chi connectivity index (χ1) is 11.6. The van der Waals surface area contributed by atoms with E-state index in [1.165, 1.54) is 12.1 Å². The molecule has 0 radical (unpaired) electrons. The van der Waals surface area contributed by atoms with Crippen molar-refractivity contribution in [3.63, 3.8) is 0 Å². The van der Waals surface area contributed by atoms with Gasteiger partial charge >= 0.3 is 6.03 Å². The van der Waals surface area contributed by atoms with E-state index in [9.17, 15) is 9.18 Å². The lowest BCUT2D eigenvalue weighted by atomic mass is 10.0. The lowest BCUT2D eigenvalue weighted by Crippen LogP contribution is -2.56. The number of fused-ring (bicyclic) bond motifs is 1. The Bertz CT molecular complexity index is 566. The topological polar surface area (TPSA) is 50.8 Å². The number of rotatable bonds is 4. The first-order valence-corrected chi connectivity index (χ1v) is 8.57. The van der Waals surface area contributed by atoms with E-state index in [2.05, 4.69) is 5.32 Å². The predicted molar refractivity (Wildman–Crippen MR) is 88.2 cm³/mol. The summed E-state index contributed by atoms with van der Waals surface area (Å²) in [6.45, 7) is 3.12. The van der Waals surface area contributed by atoms with Gasteiger partial charge in [0, 0.05) is 13.7 Å². The van der Waals surface area contributed by atoms with Gasteiger partial charge in [0.05, 0.1) is 24.8 Å². The summed E-state index contributed by atoms with van der Waals surface area (Å²) in [6.07, 6.45) is 2.98. The van der Waals surface area contributed by atoms with Crippen LogP contribution in [-0.2, 0) is 9.47 Å². The summed E-state index contributed by atoms with van der Waals surface area (Å²) < 4.78 is 24.4. The number of amides is 2. The van der Waals surface area contributed by atoms with Crippen LogP contribution in [0.15, 0.2) is 24.3 Å². The fourth-order valence-corrected chi connectivity index (χ4v) is 3.81. The van der Waals surface area contributed by atoms with Crippen LogP contribution in [0.1, 0.15) is 37.9 Å². The smallest absolute Gasteiger partial charge is 0.318 e. The van der Waals surface area contributed by atoms with E-state index in [0.717, 1.165) is 24.8 Å². The second-order valence-electron chi connectivity index (χ2n) is 6.55. The lowest BCUT2D eigenvalue weighted by Gasteiger charge is -2.38. The summed E-state index contributed by atoms with van der Waals surface area (Å²) in [7, 11) is 1.60. The van der Waals surface area contributed by atoms with Crippen molar-refractivity contribution >= 4 is 6.03 Å². The van der Waals surface area contributed by atoms with Crippen molar-refractivity contribution in [2.45, 2.75) is 50.5 Å². The van der Waals surface area contributed by atoms with Gasteiger partial charge in [0.15, 0.2) is 0 Å². The number of carbonyl (C=O) groups excluding carboxylic acids is 1. The fourth-order valence-electron chi connectivity index (χ4n) is 3.81. The number of halogens is 1. The minimum Gasteiger partial charge on any atom is -0.375 e. The Hall–Kier alpha value is -1.66. The van der Waals surface area contributed by atoms with Gasteiger partial charge < -0.3 is 19.7 Å². The number of methoxy groups -OCH3 is 1. The molecule has 132 valence electrons. The number of nitrogens with zero attached hydrogens (tertiary/aromatic N) is 1. The standard InChI is InChI=1S/C18H25FN2O3/c1-12(17(23-2)13-6-8-14(19)9-7-13)20-18(22)21-10-11-24-16-5-3-4-15(16)21/h6-9,12,15-17H,3-5,10-11H2,1-2H3,(H,20,22)/t12-,15+,16-,17-/m0/s1. The van der Waals surface area contributed by atoms with Crippen molar-refractivity contribution < 1.29 is 18.7 Å². The SMILES string of the molecule is CO[C@H](c1ccc(F)cc1)[C@H](C)NC(=O)N1CCO[C@H]2CCC[C@H]21. The molecule has 24 heavy (non-hydrogen) atoms. The first kappa shape index (κ1) is 17.2. The minimum atomic E-state index is -0.324. The molecule has 1 aliphatic heterocycles. The van der Waals surface area contributed by atoms with Crippen molar-refractivity contribution in [3.05, 3.63) is 35.6 Å². The Morgan fingerprint density at radius 3 is 2.83 bits per heavy atom. The monoisotopic (exact) mass is 336 g/mol. The number of hydrogen-bond donors (Lipinski definition) is 1. The molecule has 0 aromatic heterocycles. The molecule has 0 bridgehead atoms. The molecule has 1 saturated heterocycles. The van der Waals surface area contributed by atoms with E-state index in [-0.39, 0.29) is 36.1 Å². The highest BCUT2D eigenvalue weighted by Crippen LogP contribution is 2.30. The van der Waals surface area contributed by atoms with Crippen molar-refractivity contribution in [3.8, 4) is 0 Å². The molecule has 3 rings (SSSR count). The van der Waals surface area contributed by atoms with Crippen LogP contribution >= 0.6 is 0 Å². The van der Waals surface area contributed by atoms with E-state index < -0.39 is 0 Å². The average Bonchev–Trinajstić information content (AvgIpc) is 3.05. The highest BCUT2D eigenvalue weighted by molar-refractivity contribution is 5.75. The number of morpholine rings is 1. The summed E-state index contributed by atoms with van der Waals surface area (Å²) in [5.41, 5.74) is 0.840. The Morgan fingerprint density at radius 1 is 1.38 bits per heavy atom. The normalized spacial score (nSPS) is 25.9. The van der Waals surface area contributed by atoms with E-state index in [1.54, 1.807) is 19.2 Å². The van der Waals surface area contributed by atoms with Crippen LogP contribution in [0.5, 0.6) is 0 Å². The number of urea groups is 1. The third-order valence-electron chi connectivity index (χ3n) is 5.00. The largest absolute Gasteiger partial charge is 0.375 e. The van der Waals surface area contributed by atoms with Crippen LogP contribution in [-0.4, -0.2) is 49.4 Å². The Balaban J connectivity index is 1.65. The Labute approximate surface area is 142 Å². The zero-order valence-corrected chi connectivity index (χ0v) is 14.2.